The first kappa shape index (κ1) is 10.8. The van der Waals surface area contributed by atoms with Crippen molar-refractivity contribution in [3.63, 3.8) is 0 Å². The molecule has 0 atom stereocenters. The number of rotatable bonds is 4. The van der Waals surface area contributed by atoms with Crippen LogP contribution in [0.1, 0.15) is 6.42 Å². The van der Waals surface area contributed by atoms with Gasteiger partial charge in [-0.3, -0.25) is 0 Å². The van der Waals surface area contributed by atoms with E-state index in [9.17, 15) is 0 Å². The van der Waals surface area contributed by atoms with E-state index in [0.29, 0.717) is 0 Å². The lowest BCUT2D eigenvalue weighted by Gasteiger charge is -1.91. The largest absolute Gasteiger partial charge is 0.191 e. The van der Waals surface area contributed by atoms with Crippen LogP contribution in [-0.4, -0.2) is 7.28 Å². The molecule has 0 bridgehead atoms. The molecule has 1 aliphatic heterocycles. The summed E-state index contributed by atoms with van der Waals surface area (Å²) in [6.07, 6.45) is 21.9. The molecule has 1 heterocycles. The maximum atomic E-state index is 3.74. The molecular formula is C15H14B. The molecular weight excluding hydrogens is 191 g/mol. The van der Waals surface area contributed by atoms with Crippen LogP contribution in [0.5, 0.6) is 0 Å². The van der Waals surface area contributed by atoms with Crippen molar-refractivity contribution in [1.82, 2.24) is 0 Å². The van der Waals surface area contributed by atoms with E-state index in [1.54, 1.807) is 0 Å². The molecule has 0 amide bonds. The Labute approximate surface area is 98.0 Å². The van der Waals surface area contributed by atoms with Crippen molar-refractivity contribution in [1.29, 1.82) is 0 Å². The maximum Gasteiger partial charge on any atom is 0.191 e. The van der Waals surface area contributed by atoms with E-state index in [2.05, 4.69) is 68.5 Å². The van der Waals surface area contributed by atoms with Crippen molar-refractivity contribution in [3.05, 3.63) is 83.9 Å². The van der Waals surface area contributed by atoms with Gasteiger partial charge in [-0.05, 0) is 12.0 Å². The van der Waals surface area contributed by atoms with E-state index >= 15 is 0 Å². The van der Waals surface area contributed by atoms with Gasteiger partial charge in [0.05, 0.1) is 0 Å². The first-order valence-electron chi connectivity index (χ1n) is 5.48. The maximum absolute atomic E-state index is 3.74. The highest BCUT2D eigenvalue weighted by Gasteiger charge is 2.03. The minimum Gasteiger partial charge on any atom is -0.0996 e. The van der Waals surface area contributed by atoms with Gasteiger partial charge >= 0.3 is 0 Å². The van der Waals surface area contributed by atoms with Gasteiger partial charge in [0, 0.05) is 0 Å². The summed E-state index contributed by atoms with van der Waals surface area (Å²) in [6, 6.07) is 0. The molecule has 16 heavy (non-hydrogen) atoms. The first-order chi connectivity index (χ1) is 7.88. The van der Waals surface area contributed by atoms with Gasteiger partial charge < -0.3 is 0 Å². The SMILES string of the molecule is C=CC1=CC=C(/C=C/C=C/C2=CC=CC2)[B]1. The van der Waals surface area contributed by atoms with Gasteiger partial charge in [0.15, 0.2) is 7.28 Å². The van der Waals surface area contributed by atoms with Gasteiger partial charge in [-0.1, -0.05) is 78.3 Å². The summed E-state index contributed by atoms with van der Waals surface area (Å²) in [5.41, 5.74) is 3.75. The zero-order valence-corrected chi connectivity index (χ0v) is 9.27. The minimum atomic E-state index is 1.06. The van der Waals surface area contributed by atoms with Gasteiger partial charge in [-0.25, -0.2) is 0 Å². The number of hydrogen-bond donors (Lipinski definition) is 0. The van der Waals surface area contributed by atoms with Crippen LogP contribution in [0.15, 0.2) is 83.9 Å². The Balaban J connectivity index is 1.81. The second kappa shape index (κ2) is 5.36. The molecule has 0 aromatic heterocycles. The smallest absolute Gasteiger partial charge is 0.0996 e. The standard InChI is InChI=1S/C15H14B/c1-2-14-11-12-15(16-14)10-6-5-9-13-7-3-4-8-13/h2-7,9-12H,1,8H2/b9-5+,10-6+. The van der Waals surface area contributed by atoms with Gasteiger partial charge in [0.1, 0.15) is 0 Å². The molecule has 0 N–H and O–H groups in total. The molecule has 0 aromatic carbocycles. The Morgan fingerprint density at radius 1 is 1.06 bits per heavy atom. The Bertz CT molecular complexity index is 454. The quantitative estimate of drug-likeness (QED) is 0.485. The summed E-state index contributed by atoms with van der Waals surface area (Å²) >= 11 is 0. The average molecular weight is 205 g/mol. The third kappa shape index (κ3) is 2.87. The third-order valence-electron chi connectivity index (χ3n) is 2.55. The fourth-order valence-corrected chi connectivity index (χ4v) is 1.64. The van der Waals surface area contributed by atoms with Gasteiger partial charge in [-0.15, -0.1) is 0 Å². The topological polar surface area (TPSA) is 0 Å². The molecule has 0 saturated heterocycles. The first-order valence-corrected chi connectivity index (χ1v) is 5.48. The van der Waals surface area contributed by atoms with Crippen LogP contribution < -0.4 is 0 Å². The monoisotopic (exact) mass is 205 g/mol. The zero-order valence-electron chi connectivity index (χ0n) is 9.27. The van der Waals surface area contributed by atoms with Gasteiger partial charge in [0.2, 0.25) is 0 Å². The van der Waals surface area contributed by atoms with Crippen molar-refractivity contribution >= 4 is 7.28 Å². The molecule has 0 unspecified atom stereocenters. The summed E-state index contributed by atoms with van der Waals surface area (Å²) in [5, 5.41) is 0. The van der Waals surface area contributed by atoms with Crippen LogP contribution in [-0.2, 0) is 0 Å². The summed E-state index contributed by atoms with van der Waals surface area (Å²) in [5.74, 6) is 0. The highest BCUT2D eigenvalue weighted by atomic mass is 14.0. The number of allylic oxidation sites excluding steroid dienone is 13. The van der Waals surface area contributed by atoms with Crippen molar-refractivity contribution in [2.24, 2.45) is 0 Å². The van der Waals surface area contributed by atoms with Crippen LogP contribution in [0.2, 0.25) is 0 Å². The molecule has 1 heteroatoms. The van der Waals surface area contributed by atoms with Crippen molar-refractivity contribution < 1.29 is 0 Å². The fourth-order valence-electron chi connectivity index (χ4n) is 1.64. The predicted octanol–water partition coefficient (Wildman–Crippen LogP) is 3.66. The molecule has 1 aliphatic carbocycles. The summed E-state index contributed by atoms with van der Waals surface area (Å²) in [4.78, 5) is 0. The molecule has 0 nitrogen and oxygen atoms in total. The molecule has 1 radical (unpaired) electrons. The van der Waals surface area contributed by atoms with Gasteiger partial charge in [0.25, 0.3) is 0 Å². The zero-order chi connectivity index (χ0) is 11.2. The van der Waals surface area contributed by atoms with Crippen LogP contribution in [0.4, 0.5) is 0 Å². The van der Waals surface area contributed by atoms with E-state index in [-0.39, 0.29) is 0 Å². The molecule has 77 valence electrons. The number of hydrogen-bond acceptors (Lipinski definition) is 0. The van der Waals surface area contributed by atoms with Gasteiger partial charge in [-0.2, -0.15) is 0 Å². The lowest BCUT2D eigenvalue weighted by atomic mass is 9.66. The molecule has 0 saturated carbocycles. The van der Waals surface area contributed by atoms with Crippen LogP contribution in [0, 0.1) is 0 Å². The lowest BCUT2D eigenvalue weighted by Crippen LogP contribution is -1.90. The summed E-state index contributed by atoms with van der Waals surface area (Å²) in [6.45, 7) is 3.74. The Morgan fingerprint density at radius 3 is 2.56 bits per heavy atom. The van der Waals surface area contributed by atoms with Crippen LogP contribution in [0.3, 0.4) is 0 Å². The Hall–Kier alpha value is -1.76. The molecule has 2 aliphatic rings. The fraction of sp³-hybridized carbons (Fsp3) is 0.0667. The summed E-state index contributed by atoms with van der Waals surface area (Å²) in [7, 11) is 2.12. The van der Waals surface area contributed by atoms with Crippen molar-refractivity contribution in [2.45, 2.75) is 6.42 Å². The van der Waals surface area contributed by atoms with Crippen LogP contribution in [0.25, 0.3) is 0 Å². The molecule has 0 spiro atoms. The van der Waals surface area contributed by atoms with E-state index < -0.39 is 0 Å². The third-order valence-corrected chi connectivity index (χ3v) is 2.55. The van der Waals surface area contributed by atoms with E-state index in [0.717, 1.165) is 6.42 Å². The molecule has 0 aromatic rings. The van der Waals surface area contributed by atoms with Crippen molar-refractivity contribution in [2.75, 3.05) is 0 Å². The molecule has 2 rings (SSSR count). The summed E-state index contributed by atoms with van der Waals surface area (Å²) < 4.78 is 0. The lowest BCUT2D eigenvalue weighted by molar-refractivity contribution is 1.33. The Kier molecular flexibility index (Phi) is 3.60. The highest BCUT2D eigenvalue weighted by Crippen LogP contribution is 2.13. The van der Waals surface area contributed by atoms with Crippen LogP contribution >= 0.6 is 0 Å². The normalized spacial score (nSPS) is 18.9. The average Bonchev–Trinajstić information content (AvgIpc) is 2.95. The Morgan fingerprint density at radius 2 is 1.88 bits per heavy atom. The highest BCUT2D eigenvalue weighted by molar-refractivity contribution is 6.57. The van der Waals surface area contributed by atoms with E-state index in [1.807, 2.05) is 6.08 Å². The predicted molar refractivity (Wildman–Crippen MR) is 72.2 cm³/mol. The van der Waals surface area contributed by atoms with E-state index in [4.69, 9.17) is 0 Å². The minimum absolute atomic E-state index is 1.06. The second-order valence-corrected chi connectivity index (χ2v) is 3.77. The second-order valence-electron chi connectivity index (χ2n) is 3.77. The molecule has 0 fully saturated rings. The van der Waals surface area contributed by atoms with Crippen molar-refractivity contribution in [3.8, 4) is 0 Å². The van der Waals surface area contributed by atoms with E-state index in [1.165, 1.54) is 16.5 Å².